The maximum Gasteiger partial charge on any atom is 0.252 e. The van der Waals surface area contributed by atoms with E-state index in [0.29, 0.717) is 23.8 Å². The lowest BCUT2D eigenvalue weighted by molar-refractivity contribution is -0.120. The van der Waals surface area contributed by atoms with Crippen LogP contribution in [0, 0.1) is 11.8 Å². The first-order valence-corrected chi connectivity index (χ1v) is 12.5. The third-order valence-corrected chi connectivity index (χ3v) is 6.76. The molecule has 1 aliphatic heterocycles. The number of fused-ring (bicyclic) bond motifs is 1. The van der Waals surface area contributed by atoms with E-state index in [0.717, 1.165) is 35.4 Å². The van der Waals surface area contributed by atoms with Crippen LogP contribution >= 0.6 is 0 Å². The second-order valence-electron chi connectivity index (χ2n) is 9.90. The number of rotatable bonds is 6. The van der Waals surface area contributed by atoms with Gasteiger partial charge in [-0.3, -0.25) is 9.79 Å². The van der Waals surface area contributed by atoms with Crippen LogP contribution in [0.5, 0.6) is 0 Å². The molecule has 4 rings (SSSR count). The number of carbonyl (C=O) groups excluding carboxylic acids is 1. The predicted octanol–water partition coefficient (Wildman–Crippen LogP) is 3.44. The van der Waals surface area contributed by atoms with Crippen molar-refractivity contribution in [2.45, 2.75) is 58.5 Å². The van der Waals surface area contributed by atoms with Gasteiger partial charge in [-0.15, -0.1) is 0 Å². The number of benzodiazepines with no additional fused rings is 1. The molecular weight excluding hydrogens is 452 g/mol. The van der Waals surface area contributed by atoms with E-state index in [1.165, 1.54) is 19.3 Å². The average molecular weight is 489 g/mol. The van der Waals surface area contributed by atoms with Crippen molar-refractivity contribution in [2.24, 2.45) is 49.7 Å². The summed E-state index contributed by atoms with van der Waals surface area (Å²) in [5.74, 6) is 0.339. The van der Waals surface area contributed by atoms with Crippen LogP contribution in [0.4, 0.5) is 17.1 Å². The number of guanidine groups is 2. The van der Waals surface area contributed by atoms with Gasteiger partial charge in [-0.2, -0.15) is 0 Å². The van der Waals surface area contributed by atoms with Crippen LogP contribution in [0.1, 0.15) is 57.1 Å². The van der Waals surface area contributed by atoms with E-state index in [1.54, 1.807) is 0 Å². The molecule has 9 heteroatoms. The highest BCUT2D eigenvalue weighted by atomic mass is 16.2. The predicted molar refractivity (Wildman–Crippen MR) is 147 cm³/mol. The Labute approximate surface area is 212 Å². The summed E-state index contributed by atoms with van der Waals surface area (Å²) in [5.41, 5.74) is 27.4. The number of aliphatic imine (C=N–C) groups is 3. The van der Waals surface area contributed by atoms with Crippen molar-refractivity contribution in [1.82, 2.24) is 0 Å². The lowest BCUT2D eigenvalue weighted by Gasteiger charge is -2.27. The molecule has 0 bridgehead atoms. The van der Waals surface area contributed by atoms with Crippen LogP contribution in [-0.2, 0) is 11.3 Å². The van der Waals surface area contributed by atoms with Crippen molar-refractivity contribution in [2.75, 3.05) is 4.90 Å². The molecule has 190 valence electrons. The first kappa shape index (κ1) is 25.2. The van der Waals surface area contributed by atoms with E-state index < -0.39 is 6.04 Å². The Morgan fingerprint density at radius 1 is 0.944 bits per heavy atom. The summed E-state index contributed by atoms with van der Waals surface area (Å²) < 4.78 is 0. The van der Waals surface area contributed by atoms with E-state index in [4.69, 9.17) is 27.9 Å². The molecule has 36 heavy (non-hydrogen) atoms. The van der Waals surface area contributed by atoms with Crippen LogP contribution in [-0.4, -0.2) is 29.6 Å². The third-order valence-electron chi connectivity index (χ3n) is 6.76. The molecule has 1 aliphatic carbocycles. The summed E-state index contributed by atoms with van der Waals surface area (Å²) >= 11 is 0. The molecule has 0 spiro atoms. The maximum absolute atomic E-state index is 14.0. The Kier molecular flexibility index (Phi) is 7.57. The Morgan fingerprint density at radius 2 is 1.56 bits per heavy atom. The van der Waals surface area contributed by atoms with Crippen molar-refractivity contribution in [3.63, 3.8) is 0 Å². The van der Waals surface area contributed by atoms with Gasteiger partial charge in [-0.25, -0.2) is 9.98 Å². The maximum atomic E-state index is 14.0. The average Bonchev–Trinajstić information content (AvgIpc) is 2.95. The smallest absolute Gasteiger partial charge is 0.252 e. The van der Waals surface area contributed by atoms with Gasteiger partial charge in [0.15, 0.2) is 11.9 Å². The lowest BCUT2D eigenvalue weighted by Crippen LogP contribution is -2.39. The molecule has 1 atom stereocenters. The molecule has 1 amide bonds. The molecule has 0 saturated heterocycles. The van der Waals surface area contributed by atoms with Crippen molar-refractivity contribution >= 4 is 40.6 Å². The summed E-state index contributed by atoms with van der Waals surface area (Å²) in [6, 6.07) is 12.8. The summed E-state index contributed by atoms with van der Waals surface area (Å²) in [4.78, 5) is 29.3. The van der Waals surface area contributed by atoms with E-state index in [1.807, 2.05) is 61.2 Å². The van der Waals surface area contributed by atoms with Gasteiger partial charge in [-0.1, -0.05) is 45.2 Å². The molecule has 0 radical (unpaired) electrons. The number of amides is 1. The molecule has 1 fully saturated rings. The van der Waals surface area contributed by atoms with Crippen LogP contribution in [0.2, 0.25) is 0 Å². The summed E-state index contributed by atoms with van der Waals surface area (Å²) in [5, 5.41) is 0. The molecule has 2 aliphatic rings. The molecule has 8 N–H and O–H groups in total. The zero-order valence-electron chi connectivity index (χ0n) is 21.0. The Morgan fingerprint density at radius 3 is 2.17 bits per heavy atom. The number of carbonyl (C=O) groups is 1. The highest BCUT2D eigenvalue weighted by molar-refractivity contribution is 6.14. The van der Waals surface area contributed by atoms with Crippen molar-refractivity contribution in [3.8, 4) is 0 Å². The standard InChI is InChI=1S/C27H36N8O/c1-16(2)23-25(36)35(15-17-8-10-19(11-9-17)32-26(28)29)22-13-12-20(33-27(30)31)14-21(22)24(34-23)18-6-4-3-5-7-18/h8-14,16,18,23H,3-7,15H2,1-2H3,(H4,28,29,32)(H4,30,31,33)/t23-/m0/s1. The number of hydrogen-bond acceptors (Lipinski definition) is 4. The van der Waals surface area contributed by atoms with Crippen LogP contribution in [0.3, 0.4) is 0 Å². The Balaban J connectivity index is 1.82. The Hall–Kier alpha value is -3.88. The third kappa shape index (κ3) is 5.67. The van der Waals surface area contributed by atoms with Gasteiger partial charge in [0.2, 0.25) is 0 Å². The topological polar surface area (TPSA) is 161 Å². The van der Waals surface area contributed by atoms with Gasteiger partial charge >= 0.3 is 0 Å². The molecule has 0 unspecified atom stereocenters. The molecule has 9 nitrogen and oxygen atoms in total. The van der Waals surface area contributed by atoms with E-state index >= 15 is 0 Å². The van der Waals surface area contributed by atoms with E-state index in [-0.39, 0.29) is 23.7 Å². The number of nitrogens with two attached hydrogens (primary N) is 4. The van der Waals surface area contributed by atoms with Gasteiger partial charge in [0, 0.05) is 17.2 Å². The van der Waals surface area contributed by atoms with Crippen LogP contribution in [0.15, 0.2) is 57.4 Å². The zero-order chi connectivity index (χ0) is 25.8. The fourth-order valence-corrected chi connectivity index (χ4v) is 5.04. The monoisotopic (exact) mass is 488 g/mol. The SMILES string of the molecule is CC(C)[C@@H]1N=C(C2CCCCC2)c2cc(N=C(N)N)ccc2N(Cc2ccc(N=C(N)N)cc2)C1=O. The largest absolute Gasteiger partial charge is 0.370 e. The number of nitrogens with zero attached hydrogens (tertiary/aromatic N) is 4. The fourth-order valence-electron chi connectivity index (χ4n) is 5.04. The first-order chi connectivity index (χ1) is 17.2. The van der Waals surface area contributed by atoms with Crippen molar-refractivity contribution in [1.29, 1.82) is 0 Å². The molecule has 2 aromatic rings. The zero-order valence-corrected chi connectivity index (χ0v) is 21.0. The number of anilines is 1. The van der Waals surface area contributed by atoms with Gasteiger partial charge in [-0.05, 0) is 54.7 Å². The summed E-state index contributed by atoms with van der Waals surface area (Å²) in [6.07, 6.45) is 5.70. The molecule has 2 aromatic carbocycles. The highest BCUT2D eigenvalue weighted by Gasteiger charge is 2.36. The second-order valence-corrected chi connectivity index (χ2v) is 9.90. The molecule has 1 saturated carbocycles. The summed E-state index contributed by atoms with van der Waals surface area (Å²) in [7, 11) is 0. The Bertz CT molecular complexity index is 1180. The van der Waals surface area contributed by atoms with E-state index in [9.17, 15) is 4.79 Å². The lowest BCUT2D eigenvalue weighted by atomic mass is 9.82. The van der Waals surface area contributed by atoms with Gasteiger partial charge in [0.25, 0.3) is 5.91 Å². The van der Waals surface area contributed by atoms with Crippen LogP contribution < -0.4 is 27.8 Å². The van der Waals surface area contributed by atoms with Crippen molar-refractivity contribution < 1.29 is 4.79 Å². The minimum Gasteiger partial charge on any atom is -0.370 e. The van der Waals surface area contributed by atoms with Gasteiger partial charge in [0.05, 0.1) is 23.6 Å². The molecule has 1 heterocycles. The molecular formula is C27H36N8O. The number of hydrogen-bond donors (Lipinski definition) is 4. The normalized spacial score (nSPS) is 18.3. The van der Waals surface area contributed by atoms with Crippen LogP contribution in [0.25, 0.3) is 0 Å². The quantitative estimate of drug-likeness (QED) is 0.361. The van der Waals surface area contributed by atoms with Gasteiger partial charge < -0.3 is 27.8 Å². The minimum atomic E-state index is -0.471. The van der Waals surface area contributed by atoms with Crippen molar-refractivity contribution in [3.05, 3.63) is 53.6 Å². The fraction of sp³-hybridized carbons (Fsp3) is 0.407. The van der Waals surface area contributed by atoms with Gasteiger partial charge in [0.1, 0.15) is 6.04 Å². The highest BCUT2D eigenvalue weighted by Crippen LogP contribution is 2.37. The first-order valence-electron chi connectivity index (χ1n) is 12.5. The molecule has 0 aromatic heterocycles. The second kappa shape index (κ2) is 10.8. The number of benzene rings is 2. The van der Waals surface area contributed by atoms with E-state index in [2.05, 4.69) is 9.98 Å². The summed E-state index contributed by atoms with van der Waals surface area (Å²) in [6.45, 7) is 4.49. The minimum absolute atomic E-state index is 0.00289.